The van der Waals surface area contributed by atoms with E-state index < -0.39 is 21.4 Å². The number of rotatable bonds is 8. The van der Waals surface area contributed by atoms with Crippen LogP contribution in [0.3, 0.4) is 0 Å². The summed E-state index contributed by atoms with van der Waals surface area (Å²) in [7, 11) is 0.806. The Labute approximate surface area is 135 Å². The van der Waals surface area contributed by atoms with Gasteiger partial charge in [-0.05, 0) is 0 Å². The van der Waals surface area contributed by atoms with Crippen molar-refractivity contribution in [2.45, 2.75) is 60.4 Å². The Morgan fingerprint density at radius 3 is 2.09 bits per heavy atom. The quantitative estimate of drug-likeness (QED) is 0.546. The van der Waals surface area contributed by atoms with Crippen LogP contribution in [0.4, 0.5) is 0 Å². The van der Waals surface area contributed by atoms with Crippen LogP contribution >= 0.6 is 0 Å². The number of carbonyl (C=O) groups is 1. The molecule has 1 N–H and O–H groups in total. The summed E-state index contributed by atoms with van der Waals surface area (Å²) in [4.78, 5) is 12.5. The van der Waals surface area contributed by atoms with Gasteiger partial charge >= 0.3 is 135 Å². The van der Waals surface area contributed by atoms with Gasteiger partial charge in [0.1, 0.15) is 0 Å². The molecule has 127 valence electrons. The van der Waals surface area contributed by atoms with Gasteiger partial charge in [-0.1, -0.05) is 0 Å². The number of hydrogen-bond donors (Lipinski definition) is 1. The normalized spacial score (nSPS) is 14.5. The third-order valence-electron chi connectivity index (χ3n) is 3.13. The van der Waals surface area contributed by atoms with E-state index in [1.807, 2.05) is 13.8 Å². The summed E-state index contributed by atoms with van der Waals surface area (Å²) in [6.45, 7) is 13.4. The van der Waals surface area contributed by atoms with Crippen molar-refractivity contribution in [3.8, 4) is 0 Å². The summed E-state index contributed by atoms with van der Waals surface area (Å²) < 4.78 is 27.4. The van der Waals surface area contributed by atoms with Crippen molar-refractivity contribution in [3.63, 3.8) is 0 Å². The zero-order valence-electron chi connectivity index (χ0n) is 14.6. The van der Waals surface area contributed by atoms with E-state index in [2.05, 4.69) is 35.4 Å². The van der Waals surface area contributed by atoms with Gasteiger partial charge in [-0.2, -0.15) is 0 Å². The maximum atomic E-state index is 12.5. The molecule has 8 heteroatoms. The summed E-state index contributed by atoms with van der Waals surface area (Å²) in [5, 5.41) is 5.48. The predicted molar refractivity (Wildman–Crippen MR) is 87.7 cm³/mol. The second kappa shape index (κ2) is 7.57. The van der Waals surface area contributed by atoms with Crippen molar-refractivity contribution in [2.75, 3.05) is 5.75 Å². The fourth-order valence-electron chi connectivity index (χ4n) is 2.29. The van der Waals surface area contributed by atoms with Crippen LogP contribution in [-0.4, -0.2) is 33.3 Å². The Morgan fingerprint density at radius 1 is 1.23 bits per heavy atom. The van der Waals surface area contributed by atoms with E-state index in [0.717, 1.165) is 0 Å². The van der Waals surface area contributed by atoms with Crippen LogP contribution in [0.15, 0.2) is 5.06 Å². The fraction of sp³-hybridized carbons (Fsp3) is 0.929. The minimum atomic E-state index is -3.92. The van der Waals surface area contributed by atoms with Gasteiger partial charge in [-0.3, -0.25) is 0 Å². The van der Waals surface area contributed by atoms with Gasteiger partial charge in [-0.15, -0.1) is 0 Å². The van der Waals surface area contributed by atoms with E-state index in [0.29, 0.717) is 6.42 Å². The molecular formula is C14H28BN2O4S. The molecule has 0 heterocycles. The Bertz CT molecular complexity index is 495. The number of nitrogens with zero attached hydrogens (tertiary/aromatic N) is 1. The molecular weight excluding hydrogens is 303 g/mol. The Balaban J connectivity index is 5.01. The number of nitrogens with one attached hydrogen (secondary N) is 1. The van der Waals surface area contributed by atoms with Crippen molar-refractivity contribution in [3.05, 3.63) is 0 Å². The Kier molecular flexibility index (Phi) is 7.26. The molecule has 0 bridgehead atoms. The molecule has 0 aromatic rings. The van der Waals surface area contributed by atoms with Gasteiger partial charge < -0.3 is 0 Å². The maximum absolute atomic E-state index is 12.5. The summed E-state index contributed by atoms with van der Waals surface area (Å²) in [5.74, 6) is -0.605. The Morgan fingerprint density at radius 2 is 1.73 bits per heavy atom. The molecule has 22 heavy (non-hydrogen) atoms. The summed E-state index contributed by atoms with van der Waals surface area (Å²) in [5.41, 5.74) is -0.977. The molecule has 1 unspecified atom stereocenters. The number of carbonyl (C=O) groups excluding carboxylic acids is 1. The van der Waals surface area contributed by atoms with Crippen molar-refractivity contribution >= 4 is 23.7 Å². The van der Waals surface area contributed by atoms with Crippen LogP contribution in [-0.2, 0) is 19.2 Å². The van der Waals surface area contributed by atoms with Crippen LogP contribution < -0.4 is 5.32 Å². The van der Waals surface area contributed by atoms with E-state index in [1.165, 1.54) is 0 Å². The van der Waals surface area contributed by atoms with Crippen molar-refractivity contribution in [2.24, 2.45) is 22.3 Å². The first-order chi connectivity index (χ1) is 9.69. The monoisotopic (exact) mass is 331 g/mol. The van der Waals surface area contributed by atoms with Gasteiger partial charge in [0.2, 0.25) is 0 Å². The standard InChI is InChI=1S/C14H28BN2O4S/c1-10(2)11(8-13(3,4)5)12(18)16-14(6,7)9-22(19,20)21-17-15/h10-11H,8-9H2,1-7H3,(H,16,18). The number of amides is 1. The molecule has 0 aliphatic carbocycles. The van der Waals surface area contributed by atoms with E-state index in [9.17, 15) is 13.2 Å². The first-order valence-corrected chi connectivity index (χ1v) is 8.90. The molecule has 6 nitrogen and oxygen atoms in total. The first kappa shape index (κ1) is 21.1. The van der Waals surface area contributed by atoms with Gasteiger partial charge in [0, 0.05) is 0 Å². The minimum absolute atomic E-state index is 0.00400. The molecule has 1 atom stereocenters. The summed E-state index contributed by atoms with van der Waals surface area (Å²) in [6, 6.07) is 0. The predicted octanol–water partition coefficient (Wildman–Crippen LogP) is 2.20. The summed E-state index contributed by atoms with van der Waals surface area (Å²) in [6.07, 6.45) is 0.716. The van der Waals surface area contributed by atoms with Crippen molar-refractivity contribution < 1.29 is 17.5 Å². The summed E-state index contributed by atoms with van der Waals surface area (Å²) >= 11 is 0. The molecule has 0 saturated carbocycles. The topological polar surface area (TPSA) is 84.8 Å². The number of hydrogen-bond acceptors (Lipinski definition) is 5. The SMILES string of the molecule is [B]=NOS(=O)(=O)CC(C)(C)NC(=O)C(CC(C)(C)C)C(C)C. The molecule has 0 fully saturated rings. The zero-order chi connectivity index (χ0) is 17.8. The zero-order valence-corrected chi connectivity index (χ0v) is 15.5. The average molecular weight is 331 g/mol. The third kappa shape index (κ3) is 8.51. The molecule has 0 saturated heterocycles. The molecule has 0 spiro atoms. The second-order valence-electron chi connectivity index (χ2n) is 7.87. The van der Waals surface area contributed by atoms with Crippen LogP contribution in [0.5, 0.6) is 0 Å². The van der Waals surface area contributed by atoms with Crippen molar-refractivity contribution in [1.29, 1.82) is 0 Å². The van der Waals surface area contributed by atoms with E-state index in [1.54, 1.807) is 13.8 Å². The van der Waals surface area contributed by atoms with Gasteiger partial charge in [0.05, 0.1) is 0 Å². The van der Waals surface area contributed by atoms with Gasteiger partial charge in [0.15, 0.2) is 0 Å². The van der Waals surface area contributed by atoms with E-state index >= 15 is 0 Å². The van der Waals surface area contributed by atoms with Crippen LogP contribution in [0.1, 0.15) is 54.9 Å². The average Bonchev–Trinajstić information content (AvgIpc) is 2.21. The van der Waals surface area contributed by atoms with Crippen molar-refractivity contribution in [1.82, 2.24) is 5.32 Å². The first-order valence-electron chi connectivity index (χ1n) is 7.33. The van der Waals surface area contributed by atoms with Gasteiger partial charge in [0.25, 0.3) is 0 Å². The second-order valence-corrected chi connectivity index (χ2v) is 9.42. The Hall–Kier alpha value is -0.915. The van der Waals surface area contributed by atoms with E-state index in [4.69, 9.17) is 7.64 Å². The van der Waals surface area contributed by atoms with E-state index in [-0.39, 0.29) is 23.2 Å². The molecule has 0 aromatic heterocycles. The molecule has 1 amide bonds. The van der Waals surface area contributed by atoms with Crippen LogP contribution in [0, 0.1) is 17.3 Å². The molecule has 0 rings (SSSR count). The third-order valence-corrected chi connectivity index (χ3v) is 4.52. The van der Waals surface area contributed by atoms with Crippen LogP contribution in [0.2, 0.25) is 0 Å². The molecule has 0 aliphatic rings. The molecule has 1 radical (unpaired) electrons. The molecule has 0 aliphatic heterocycles. The molecule has 0 aromatic carbocycles. The van der Waals surface area contributed by atoms with Crippen LogP contribution in [0.25, 0.3) is 0 Å². The fourth-order valence-corrected chi connectivity index (χ4v) is 3.43. The van der Waals surface area contributed by atoms with Gasteiger partial charge in [-0.25, -0.2) is 0 Å².